The number of carboxylic acid groups (broad SMARTS) is 1. The Bertz CT molecular complexity index is 398. The molecule has 0 aromatic heterocycles. The summed E-state index contributed by atoms with van der Waals surface area (Å²) >= 11 is 0.802. The zero-order valence-corrected chi connectivity index (χ0v) is 9.61. The van der Waals surface area contributed by atoms with Crippen molar-refractivity contribution in [1.82, 2.24) is 0 Å². The van der Waals surface area contributed by atoms with Crippen molar-refractivity contribution in [1.29, 1.82) is 0 Å². The molecular weight excluding hydrogens is 224 g/mol. The first kappa shape index (κ1) is 12.5. The van der Waals surface area contributed by atoms with Gasteiger partial charge in [-0.3, -0.25) is 9.59 Å². The molecule has 4 heteroatoms. The summed E-state index contributed by atoms with van der Waals surface area (Å²) in [5.74, 6) is -0.980. The summed E-state index contributed by atoms with van der Waals surface area (Å²) in [5.41, 5.74) is 0.916. The standard InChI is InChI=1S/C12H12O3S/c1-9(12(14)15)16-11(13)8-7-10-5-3-2-4-6-10/h2-9H,1H3,(H,14,15). The van der Waals surface area contributed by atoms with Crippen LogP contribution in [0.2, 0.25) is 0 Å². The smallest absolute Gasteiger partial charge is 0.316 e. The predicted molar refractivity (Wildman–Crippen MR) is 65.2 cm³/mol. The van der Waals surface area contributed by atoms with Crippen molar-refractivity contribution < 1.29 is 14.7 Å². The average Bonchev–Trinajstić information content (AvgIpc) is 2.27. The zero-order valence-electron chi connectivity index (χ0n) is 8.79. The van der Waals surface area contributed by atoms with E-state index in [-0.39, 0.29) is 5.12 Å². The van der Waals surface area contributed by atoms with Crippen molar-refractivity contribution >= 4 is 28.9 Å². The van der Waals surface area contributed by atoms with Crippen LogP contribution in [-0.4, -0.2) is 21.4 Å². The molecule has 1 aromatic rings. The molecule has 0 heterocycles. The van der Waals surface area contributed by atoms with Gasteiger partial charge >= 0.3 is 5.97 Å². The lowest BCUT2D eigenvalue weighted by atomic mass is 10.2. The minimum absolute atomic E-state index is 0.251. The molecule has 0 bridgehead atoms. The van der Waals surface area contributed by atoms with Crippen LogP contribution in [0, 0.1) is 0 Å². The van der Waals surface area contributed by atoms with Gasteiger partial charge < -0.3 is 5.11 Å². The fourth-order valence-electron chi connectivity index (χ4n) is 0.992. The number of hydrogen-bond acceptors (Lipinski definition) is 3. The van der Waals surface area contributed by atoms with Crippen molar-refractivity contribution in [3.8, 4) is 0 Å². The second-order valence-corrected chi connectivity index (χ2v) is 4.51. The second kappa shape index (κ2) is 6.12. The Hall–Kier alpha value is -1.55. The topological polar surface area (TPSA) is 54.4 Å². The Balaban J connectivity index is 2.52. The van der Waals surface area contributed by atoms with E-state index in [9.17, 15) is 9.59 Å². The van der Waals surface area contributed by atoms with Crippen LogP contribution in [0.5, 0.6) is 0 Å². The highest BCUT2D eigenvalue weighted by Crippen LogP contribution is 2.13. The van der Waals surface area contributed by atoms with Crippen molar-refractivity contribution in [2.75, 3.05) is 0 Å². The maximum atomic E-state index is 11.3. The van der Waals surface area contributed by atoms with Crippen LogP contribution >= 0.6 is 11.8 Å². The molecule has 0 saturated heterocycles. The molecule has 0 spiro atoms. The van der Waals surface area contributed by atoms with Crippen molar-refractivity contribution in [3.05, 3.63) is 42.0 Å². The lowest BCUT2D eigenvalue weighted by Gasteiger charge is -2.00. The second-order valence-electron chi connectivity index (χ2n) is 3.16. The van der Waals surface area contributed by atoms with E-state index in [1.807, 2.05) is 30.3 Å². The van der Waals surface area contributed by atoms with Crippen LogP contribution in [0.4, 0.5) is 0 Å². The van der Waals surface area contributed by atoms with Crippen LogP contribution < -0.4 is 0 Å². The van der Waals surface area contributed by atoms with E-state index in [1.54, 1.807) is 6.08 Å². The van der Waals surface area contributed by atoms with Gasteiger partial charge in [-0.2, -0.15) is 0 Å². The monoisotopic (exact) mass is 236 g/mol. The average molecular weight is 236 g/mol. The Morgan fingerprint density at radius 3 is 2.50 bits per heavy atom. The SMILES string of the molecule is CC(SC(=O)C=Cc1ccccc1)C(=O)O. The summed E-state index contributed by atoms with van der Waals surface area (Å²) in [6, 6.07) is 9.37. The minimum atomic E-state index is -0.980. The maximum absolute atomic E-state index is 11.3. The lowest BCUT2D eigenvalue weighted by Crippen LogP contribution is -2.13. The zero-order chi connectivity index (χ0) is 12.0. The Morgan fingerprint density at radius 2 is 1.94 bits per heavy atom. The molecular formula is C12H12O3S. The first-order chi connectivity index (χ1) is 7.59. The maximum Gasteiger partial charge on any atom is 0.316 e. The first-order valence-electron chi connectivity index (χ1n) is 4.76. The molecule has 0 fully saturated rings. The van der Waals surface area contributed by atoms with Gasteiger partial charge in [0, 0.05) is 0 Å². The number of hydrogen-bond donors (Lipinski definition) is 1. The van der Waals surface area contributed by atoms with Crippen LogP contribution in [0.3, 0.4) is 0 Å². The van der Waals surface area contributed by atoms with E-state index >= 15 is 0 Å². The fourth-order valence-corrected chi connectivity index (χ4v) is 1.59. The van der Waals surface area contributed by atoms with Crippen LogP contribution in [0.1, 0.15) is 12.5 Å². The number of carboxylic acids is 1. The molecule has 0 radical (unpaired) electrons. The highest BCUT2D eigenvalue weighted by molar-refractivity contribution is 8.15. The predicted octanol–water partition coefficient (Wildman–Crippen LogP) is 2.43. The normalized spacial score (nSPS) is 12.6. The molecule has 0 aliphatic rings. The summed E-state index contributed by atoms with van der Waals surface area (Å²) in [7, 11) is 0. The number of carbonyl (C=O) groups excluding carboxylic acids is 1. The summed E-state index contributed by atoms with van der Waals surface area (Å²) in [6.07, 6.45) is 3.06. The van der Waals surface area contributed by atoms with Gasteiger partial charge in [0.2, 0.25) is 5.12 Å². The summed E-state index contributed by atoms with van der Waals surface area (Å²) in [5, 5.41) is 7.65. The van der Waals surface area contributed by atoms with Gasteiger partial charge in [0.05, 0.1) is 0 Å². The van der Waals surface area contributed by atoms with Gasteiger partial charge in [0.25, 0.3) is 0 Å². The molecule has 1 aromatic carbocycles. The quantitative estimate of drug-likeness (QED) is 0.816. The number of benzene rings is 1. The molecule has 0 aliphatic heterocycles. The highest BCUT2D eigenvalue weighted by Gasteiger charge is 2.14. The lowest BCUT2D eigenvalue weighted by molar-refractivity contribution is -0.136. The Kier molecular flexibility index (Phi) is 4.79. The van der Waals surface area contributed by atoms with E-state index in [2.05, 4.69) is 0 Å². The van der Waals surface area contributed by atoms with Crippen molar-refractivity contribution in [2.45, 2.75) is 12.2 Å². The van der Waals surface area contributed by atoms with Gasteiger partial charge in [-0.05, 0) is 18.6 Å². The molecule has 0 amide bonds. The molecule has 1 N–H and O–H groups in total. The van der Waals surface area contributed by atoms with Crippen LogP contribution in [0.25, 0.3) is 6.08 Å². The molecule has 1 unspecified atom stereocenters. The Morgan fingerprint density at radius 1 is 1.31 bits per heavy atom. The molecule has 0 saturated carbocycles. The van der Waals surface area contributed by atoms with Crippen LogP contribution in [-0.2, 0) is 9.59 Å². The van der Waals surface area contributed by atoms with Crippen LogP contribution in [0.15, 0.2) is 36.4 Å². The summed E-state index contributed by atoms with van der Waals surface area (Å²) in [4.78, 5) is 21.9. The van der Waals surface area contributed by atoms with Crippen molar-refractivity contribution in [3.63, 3.8) is 0 Å². The molecule has 1 rings (SSSR count). The van der Waals surface area contributed by atoms with Gasteiger partial charge in [0.15, 0.2) is 0 Å². The largest absolute Gasteiger partial charge is 0.480 e. The first-order valence-corrected chi connectivity index (χ1v) is 5.64. The third kappa shape index (κ3) is 4.31. The molecule has 84 valence electrons. The fraction of sp³-hybridized carbons (Fsp3) is 0.167. The third-order valence-corrected chi connectivity index (χ3v) is 2.78. The molecule has 0 aliphatic carbocycles. The van der Waals surface area contributed by atoms with E-state index in [1.165, 1.54) is 13.0 Å². The highest BCUT2D eigenvalue weighted by atomic mass is 32.2. The number of aliphatic carboxylic acids is 1. The summed E-state index contributed by atoms with van der Waals surface area (Å²) < 4.78 is 0. The molecule has 16 heavy (non-hydrogen) atoms. The van der Waals surface area contributed by atoms with Gasteiger partial charge in [-0.15, -0.1) is 0 Å². The minimum Gasteiger partial charge on any atom is -0.480 e. The van der Waals surface area contributed by atoms with Crippen molar-refractivity contribution in [2.24, 2.45) is 0 Å². The van der Waals surface area contributed by atoms with Gasteiger partial charge in [0.1, 0.15) is 5.25 Å². The van der Waals surface area contributed by atoms with E-state index in [4.69, 9.17) is 5.11 Å². The van der Waals surface area contributed by atoms with E-state index in [0.717, 1.165) is 17.3 Å². The van der Waals surface area contributed by atoms with E-state index < -0.39 is 11.2 Å². The summed E-state index contributed by atoms with van der Waals surface area (Å²) in [6.45, 7) is 1.49. The molecule has 3 nitrogen and oxygen atoms in total. The number of thioether (sulfide) groups is 1. The molecule has 1 atom stereocenters. The number of rotatable bonds is 4. The van der Waals surface area contributed by atoms with Gasteiger partial charge in [-0.1, -0.05) is 48.2 Å². The van der Waals surface area contributed by atoms with Gasteiger partial charge in [-0.25, -0.2) is 0 Å². The van der Waals surface area contributed by atoms with E-state index in [0.29, 0.717) is 0 Å². The third-order valence-electron chi connectivity index (χ3n) is 1.85. The Labute approximate surface area is 98.2 Å². The number of carbonyl (C=O) groups is 2.